The van der Waals surface area contributed by atoms with E-state index in [1.54, 1.807) is 24.0 Å². The van der Waals surface area contributed by atoms with Crippen LogP contribution in [0.25, 0.3) is 0 Å². The van der Waals surface area contributed by atoms with Gasteiger partial charge < -0.3 is 5.32 Å². The van der Waals surface area contributed by atoms with Crippen LogP contribution in [-0.4, -0.2) is 60.1 Å². The average Bonchev–Trinajstić information content (AvgIpc) is 2.67. The van der Waals surface area contributed by atoms with E-state index in [1.807, 2.05) is 4.90 Å². The van der Waals surface area contributed by atoms with Crippen LogP contribution in [0.2, 0.25) is 0 Å². The predicted molar refractivity (Wildman–Crippen MR) is 66.9 cm³/mol. The van der Waals surface area contributed by atoms with Gasteiger partial charge in [0, 0.05) is 32.4 Å². The number of nitrogens with zero attached hydrogens (tertiary/aromatic N) is 3. The SMILES string of the molecule is Cn1ccc(NC(=O)CN2CCS(=O)(=O)CC2)n1. The van der Waals surface area contributed by atoms with E-state index in [-0.39, 0.29) is 24.0 Å². The van der Waals surface area contributed by atoms with Crippen molar-refractivity contribution in [3.8, 4) is 0 Å². The van der Waals surface area contributed by atoms with Crippen LogP contribution in [0.1, 0.15) is 0 Å². The lowest BCUT2D eigenvalue weighted by molar-refractivity contribution is -0.117. The highest BCUT2D eigenvalue weighted by Crippen LogP contribution is 2.05. The quantitative estimate of drug-likeness (QED) is 0.770. The Labute approximate surface area is 106 Å². The van der Waals surface area contributed by atoms with Gasteiger partial charge in [-0.05, 0) is 0 Å². The van der Waals surface area contributed by atoms with Crippen LogP contribution in [-0.2, 0) is 21.7 Å². The third kappa shape index (κ3) is 3.54. The first-order valence-electron chi connectivity index (χ1n) is 5.67. The standard InChI is InChI=1S/C10H16N4O3S/c1-13-3-2-9(12-13)11-10(15)8-14-4-6-18(16,17)7-5-14/h2-3H,4-8H2,1H3,(H,11,12,15). The summed E-state index contributed by atoms with van der Waals surface area (Å²) in [5.74, 6) is 0.591. The van der Waals surface area contributed by atoms with Gasteiger partial charge in [-0.2, -0.15) is 5.10 Å². The molecule has 1 aromatic heterocycles. The molecule has 1 amide bonds. The molecule has 0 saturated carbocycles. The van der Waals surface area contributed by atoms with Crippen LogP contribution in [0.4, 0.5) is 5.82 Å². The number of anilines is 1. The van der Waals surface area contributed by atoms with Crippen LogP contribution < -0.4 is 5.32 Å². The minimum Gasteiger partial charge on any atom is -0.308 e. The molecule has 7 nitrogen and oxygen atoms in total. The molecule has 0 unspecified atom stereocenters. The van der Waals surface area contributed by atoms with Crippen LogP contribution in [0, 0.1) is 0 Å². The van der Waals surface area contributed by atoms with Gasteiger partial charge in [0.15, 0.2) is 15.7 Å². The summed E-state index contributed by atoms with van der Waals surface area (Å²) in [6.45, 7) is 1.03. The Morgan fingerprint density at radius 1 is 1.44 bits per heavy atom. The molecule has 0 aromatic carbocycles. The maximum atomic E-state index is 11.7. The van der Waals surface area contributed by atoms with Gasteiger partial charge in [0.25, 0.3) is 0 Å². The Bertz CT molecular complexity index is 523. The second-order valence-corrected chi connectivity index (χ2v) is 6.65. The van der Waals surface area contributed by atoms with E-state index < -0.39 is 9.84 Å². The highest BCUT2D eigenvalue weighted by atomic mass is 32.2. The summed E-state index contributed by atoms with van der Waals surface area (Å²) in [4.78, 5) is 13.5. The largest absolute Gasteiger partial charge is 0.308 e. The molecule has 2 rings (SSSR count). The fraction of sp³-hybridized carbons (Fsp3) is 0.600. The number of aromatic nitrogens is 2. The number of carbonyl (C=O) groups is 1. The Morgan fingerprint density at radius 2 is 2.11 bits per heavy atom. The van der Waals surface area contributed by atoms with Crippen molar-refractivity contribution in [3.05, 3.63) is 12.3 Å². The second-order valence-electron chi connectivity index (χ2n) is 4.35. The van der Waals surface area contributed by atoms with Crippen molar-refractivity contribution in [2.24, 2.45) is 7.05 Å². The molecule has 100 valence electrons. The minimum atomic E-state index is -2.90. The molecular formula is C10H16N4O3S. The molecule has 1 N–H and O–H groups in total. The molecule has 1 saturated heterocycles. The maximum absolute atomic E-state index is 11.7. The minimum absolute atomic E-state index is 0.129. The number of hydrogen-bond acceptors (Lipinski definition) is 5. The third-order valence-electron chi connectivity index (χ3n) is 2.79. The van der Waals surface area contributed by atoms with Gasteiger partial charge in [0.1, 0.15) is 0 Å². The van der Waals surface area contributed by atoms with Crippen molar-refractivity contribution in [2.75, 3.05) is 36.5 Å². The van der Waals surface area contributed by atoms with Crippen molar-refractivity contribution < 1.29 is 13.2 Å². The fourth-order valence-electron chi connectivity index (χ4n) is 1.78. The molecule has 8 heteroatoms. The first kappa shape index (κ1) is 13.0. The van der Waals surface area contributed by atoms with Gasteiger partial charge in [-0.1, -0.05) is 0 Å². The zero-order valence-electron chi connectivity index (χ0n) is 10.2. The molecule has 1 fully saturated rings. The van der Waals surface area contributed by atoms with Crippen LogP contribution in [0.5, 0.6) is 0 Å². The summed E-state index contributed by atoms with van der Waals surface area (Å²) in [5, 5.41) is 6.71. The zero-order valence-corrected chi connectivity index (χ0v) is 11.0. The van der Waals surface area contributed by atoms with Gasteiger partial charge in [0.05, 0.1) is 18.1 Å². The summed E-state index contributed by atoms with van der Waals surface area (Å²) in [6, 6.07) is 1.71. The summed E-state index contributed by atoms with van der Waals surface area (Å²) < 4.78 is 24.1. The molecule has 1 aliphatic heterocycles. The van der Waals surface area contributed by atoms with Crippen molar-refractivity contribution >= 4 is 21.6 Å². The Hall–Kier alpha value is -1.41. The van der Waals surface area contributed by atoms with Crippen LogP contribution in [0.3, 0.4) is 0 Å². The normalized spacial score (nSPS) is 19.6. The summed E-state index contributed by atoms with van der Waals surface area (Å²) in [7, 11) is -1.13. The lowest BCUT2D eigenvalue weighted by Gasteiger charge is -2.25. The summed E-state index contributed by atoms with van der Waals surface area (Å²) in [5.41, 5.74) is 0. The molecule has 1 aliphatic rings. The highest BCUT2D eigenvalue weighted by molar-refractivity contribution is 7.91. The number of hydrogen-bond donors (Lipinski definition) is 1. The molecule has 0 aliphatic carbocycles. The predicted octanol–water partition coefficient (Wildman–Crippen LogP) is -0.911. The Kier molecular flexibility index (Phi) is 3.67. The zero-order chi connectivity index (χ0) is 13.2. The highest BCUT2D eigenvalue weighted by Gasteiger charge is 2.22. The van der Waals surface area contributed by atoms with Crippen LogP contribution >= 0.6 is 0 Å². The topological polar surface area (TPSA) is 84.3 Å². The number of carbonyl (C=O) groups excluding carboxylic acids is 1. The van der Waals surface area contributed by atoms with E-state index in [0.29, 0.717) is 18.9 Å². The molecule has 0 bridgehead atoms. The van der Waals surface area contributed by atoms with Crippen molar-refractivity contribution in [1.29, 1.82) is 0 Å². The first-order valence-corrected chi connectivity index (χ1v) is 7.49. The van der Waals surface area contributed by atoms with E-state index in [1.165, 1.54) is 0 Å². The number of aryl methyl sites for hydroxylation is 1. The molecule has 0 radical (unpaired) electrons. The molecule has 0 atom stereocenters. The van der Waals surface area contributed by atoms with Crippen molar-refractivity contribution in [3.63, 3.8) is 0 Å². The molecule has 18 heavy (non-hydrogen) atoms. The van der Waals surface area contributed by atoms with Gasteiger partial charge in [-0.3, -0.25) is 14.4 Å². The smallest absolute Gasteiger partial charge is 0.239 e. The second kappa shape index (κ2) is 5.07. The fourth-order valence-corrected chi connectivity index (χ4v) is 3.05. The lowest BCUT2D eigenvalue weighted by Crippen LogP contribution is -2.43. The number of nitrogens with one attached hydrogen (secondary N) is 1. The van der Waals surface area contributed by atoms with Gasteiger partial charge in [0.2, 0.25) is 5.91 Å². The molecule has 2 heterocycles. The van der Waals surface area contributed by atoms with E-state index in [9.17, 15) is 13.2 Å². The summed E-state index contributed by atoms with van der Waals surface area (Å²) >= 11 is 0. The Balaban J connectivity index is 1.82. The van der Waals surface area contributed by atoms with Gasteiger partial charge in [-0.15, -0.1) is 0 Å². The average molecular weight is 272 g/mol. The van der Waals surface area contributed by atoms with E-state index in [0.717, 1.165) is 0 Å². The third-order valence-corrected chi connectivity index (χ3v) is 4.39. The molecule has 1 aromatic rings. The molecule has 0 spiro atoms. The van der Waals surface area contributed by atoms with Crippen molar-refractivity contribution in [2.45, 2.75) is 0 Å². The van der Waals surface area contributed by atoms with Gasteiger partial charge >= 0.3 is 0 Å². The first-order chi connectivity index (χ1) is 8.44. The maximum Gasteiger partial charge on any atom is 0.239 e. The Morgan fingerprint density at radius 3 is 2.67 bits per heavy atom. The molecular weight excluding hydrogens is 256 g/mol. The monoisotopic (exact) mass is 272 g/mol. The van der Waals surface area contributed by atoms with Gasteiger partial charge in [-0.25, -0.2) is 8.42 Å². The lowest BCUT2D eigenvalue weighted by atomic mass is 10.4. The van der Waals surface area contributed by atoms with Crippen LogP contribution in [0.15, 0.2) is 12.3 Å². The van der Waals surface area contributed by atoms with Crippen molar-refractivity contribution in [1.82, 2.24) is 14.7 Å². The number of rotatable bonds is 3. The van der Waals surface area contributed by atoms with E-state index >= 15 is 0 Å². The number of sulfone groups is 1. The number of amides is 1. The summed E-state index contributed by atoms with van der Waals surface area (Å²) in [6.07, 6.45) is 1.74. The van der Waals surface area contributed by atoms with E-state index in [2.05, 4.69) is 10.4 Å². The van der Waals surface area contributed by atoms with E-state index in [4.69, 9.17) is 0 Å².